The molecule has 1 aliphatic heterocycles. The summed E-state index contributed by atoms with van der Waals surface area (Å²) in [5.41, 5.74) is -0.305. The topological polar surface area (TPSA) is 44.3 Å². The molecule has 0 radical (unpaired) electrons. The van der Waals surface area contributed by atoms with E-state index in [0.29, 0.717) is 0 Å². The minimum atomic E-state index is -0.546. The predicted molar refractivity (Wildman–Crippen MR) is 54.8 cm³/mol. The SMILES string of the molecule is CC(C)(O)CCNC1(C)CCNC1. The second-order valence-corrected chi connectivity index (χ2v) is 4.98. The Kier molecular flexibility index (Phi) is 3.33. The van der Waals surface area contributed by atoms with Crippen molar-refractivity contribution < 1.29 is 5.11 Å². The highest BCUT2D eigenvalue weighted by atomic mass is 16.3. The number of rotatable bonds is 4. The van der Waals surface area contributed by atoms with E-state index in [9.17, 15) is 5.11 Å². The molecular formula is C10H22N2O. The summed E-state index contributed by atoms with van der Waals surface area (Å²) in [6, 6.07) is 0. The third kappa shape index (κ3) is 4.07. The highest BCUT2D eigenvalue weighted by molar-refractivity contribution is 4.91. The van der Waals surface area contributed by atoms with E-state index in [1.807, 2.05) is 13.8 Å². The van der Waals surface area contributed by atoms with E-state index in [4.69, 9.17) is 0 Å². The van der Waals surface area contributed by atoms with Crippen LogP contribution in [0.5, 0.6) is 0 Å². The lowest BCUT2D eigenvalue weighted by Crippen LogP contribution is -2.45. The van der Waals surface area contributed by atoms with E-state index in [2.05, 4.69) is 17.6 Å². The lowest BCUT2D eigenvalue weighted by atomic mass is 10.00. The fraction of sp³-hybridized carbons (Fsp3) is 1.00. The predicted octanol–water partition coefficient (Wildman–Crippen LogP) is 0.489. The van der Waals surface area contributed by atoms with Crippen molar-refractivity contribution in [3.05, 3.63) is 0 Å². The quantitative estimate of drug-likeness (QED) is 0.598. The molecule has 3 N–H and O–H groups in total. The molecule has 13 heavy (non-hydrogen) atoms. The number of hydrogen-bond donors (Lipinski definition) is 3. The van der Waals surface area contributed by atoms with Crippen LogP contribution in [-0.2, 0) is 0 Å². The second kappa shape index (κ2) is 3.95. The van der Waals surface area contributed by atoms with E-state index >= 15 is 0 Å². The monoisotopic (exact) mass is 186 g/mol. The molecule has 1 heterocycles. The molecule has 0 amide bonds. The Balaban J connectivity index is 2.18. The Morgan fingerprint density at radius 3 is 2.69 bits per heavy atom. The van der Waals surface area contributed by atoms with Crippen LogP contribution >= 0.6 is 0 Å². The average Bonchev–Trinajstić information content (AvgIpc) is 2.33. The van der Waals surface area contributed by atoms with E-state index in [1.54, 1.807) is 0 Å². The van der Waals surface area contributed by atoms with Gasteiger partial charge < -0.3 is 15.7 Å². The summed E-state index contributed by atoms with van der Waals surface area (Å²) >= 11 is 0. The first-order valence-electron chi connectivity index (χ1n) is 5.09. The lowest BCUT2D eigenvalue weighted by Gasteiger charge is -2.26. The van der Waals surface area contributed by atoms with Gasteiger partial charge in [0.15, 0.2) is 0 Å². The first-order chi connectivity index (χ1) is 5.91. The molecule has 3 heteroatoms. The van der Waals surface area contributed by atoms with Crippen molar-refractivity contribution >= 4 is 0 Å². The Morgan fingerprint density at radius 1 is 1.54 bits per heavy atom. The molecule has 1 rings (SSSR count). The average molecular weight is 186 g/mol. The summed E-state index contributed by atoms with van der Waals surface area (Å²) in [4.78, 5) is 0. The first kappa shape index (κ1) is 11.0. The van der Waals surface area contributed by atoms with Crippen molar-refractivity contribution in [2.45, 2.75) is 44.8 Å². The Bertz CT molecular complexity index is 157. The molecular weight excluding hydrogens is 164 g/mol. The summed E-state index contributed by atoms with van der Waals surface area (Å²) < 4.78 is 0. The van der Waals surface area contributed by atoms with Crippen LogP contribution in [0.2, 0.25) is 0 Å². The summed E-state index contributed by atoms with van der Waals surface area (Å²) in [5.74, 6) is 0. The van der Waals surface area contributed by atoms with E-state index < -0.39 is 5.60 Å². The van der Waals surface area contributed by atoms with Crippen LogP contribution in [0.25, 0.3) is 0 Å². The molecule has 0 saturated carbocycles. The van der Waals surface area contributed by atoms with Crippen LogP contribution in [0, 0.1) is 0 Å². The van der Waals surface area contributed by atoms with Crippen LogP contribution in [0.3, 0.4) is 0 Å². The van der Waals surface area contributed by atoms with E-state index in [0.717, 1.165) is 26.1 Å². The minimum absolute atomic E-state index is 0.241. The van der Waals surface area contributed by atoms with Gasteiger partial charge in [-0.05, 0) is 46.7 Å². The zero-order valence-electron chi connectivity index (χ0n) is 8.98. The smallest absolute Gasteiger partial charge is 0.0603 e. The number of nitrogens with one attached hydrogen (secondary N) is 2. The van der Waals surface area contributed by atoms with Crippen LogP contribution in [0.1, 0.15) is 33.6 Å². The van der Waals surface area contributed by atoms with Crippen LogP contribution in [-0.4, -0.2) is 35.9 Å². The molecule has 1 fully saturated rings. The van der Waals surface area contributed by atoms with Gasteiger partial charge in [-0.25, -0.2) is 0 Å². The number of aliphatic hydroxyl groups is 1. The summed E-state index contributed by atoms with van der Waals surface area (Å²) in [5, 5.41) is 16.3. The maximum atomic E-state index is 9.52. The van der Waals surface area contributed by atoms with Crippen molar-refractivity contribution in [3.63, 3.8) is 0 Å². The zero-order valence-corrected chi connectivity index (χ0v) is 8.98. The standard InChI is InChI=1S/C10H22N2O/c1-9(2,13)4-7-12-10(3)5-6-11-8-10/h11-13H,4-8H2,1-3H3. The number of hydrogen-bond acceptors (Lipinski definition) is 3. The van der Waals surface area contributed by atoms with E-state index in [1.165, 1.54) is 6.42 Å². The van der Waals surface area contributed by atoms with Crippen LogP contribution in [0.4, 0.5) is 0 Å². The molecule has 0 aromatic heterocycles. The Morgan fingerprint density at radius 2 is 2.23 bits per heavy atom. The zero-order chi connectivity index (χ0) is 9.95. The van der Waals surface area contributed by atoms with Crippen molar-refractivity contribution in [1.82, 2.24) is 10.6 Å². The molecule has 0 aliphatic carbocycles. The summed E-state index contributed by atoms with van der Waals surface area (Å²) in [6.45, 7) is 8.97. The maximum absolute atomic E-state index is 9.52. The summed E-state index contributed by atoms with van der Waals surface area (Å²) in [7, 11) is 0. The molecule has 0 aromatic rings. The Hall–Kier alpha value is -0.120. The van der Waals surface area contributed by atoms with Gasteiger partial charge in [-0.3, -0.25) is 0 Å². The third-order valence-electron chi connectivity index (χ3n) is 2.66. The van der Waals surface area contributed by atoms with Crippen LogP contribution in [0.15, 0.2) is 0 Å². The molecule has 1 saturated heterocycles. The molecule has 1 unspecified atom stereocenters. The highest BCUT2D eigenvalue weighted by Gasteiger charge is 2.27. The fourth-order valence-corrected chi connectivity index (χ4v) is 1.64. The molecule has 1 atom stereocenters. The maximum Gasteiger partial charge on any atom is 0.0603 e. The molecule has 0 aromatic carbocycles. The molecule has 1 aliphatic rings. The van der Waals surface area contributed by atoms with Gasteiger partial charge in [-0.1, -0.05) is 0 Å². The molecule has 78 valence electrons. The largest absolute Gasteiger partial charge is 0.390 e. The van der Waals surface area contributed by atoms with Crippen molar-refractivity contribution in [2.75, 3.05) is 19.6 Å². The van der Waals surface area contributed by atoms with Gasteiger partial charge in [0.05, 0.1) is 5.60 Å². The van der Waals surface area contributed by atoms with Gasteiger partial charge in [-0.15, -0.1) is 0 Å². The van der Waals surface area contributed by atoms with Crippen molar-refractivity contribution in [3.8, 4) is 0 Å². The Labute approximate surface area is 80.9 Å². The molecule has 0 bridgehead atoms. The van der Waals surface area contributed by atoms with Gasteiger partial charge in [0.25, 0.3) is 0 Å². The normalized spacial score (nSPS) is 29.5. The highest BCUT2D eigenvalue weighted by Crippen LogP contribution is 2.14. The van der Waals surface area contributed by atoms with Gasteiger partial charge in [0.2, 0.25) is 0 Å². The van der Waals surface area contributed by atoms with Gasteiger partial charge in [0, 0.05) is 12.1 Å². The third-order valence-corrected chi connectivity index (χ3v) is 2.66. The van der Waals surface area contributed by atoms with E-state index in [-0.39, 0.29) is 5.54 Å². The first-order valence-corrected chi connectivity index (χ1v) is 5.09. The lowest BCUT2D eigenvalue weighted by molar-refractivity contribution is 0.0690. The van der Waals surface area contributed by atoms with Gasteiger partial charge >= 0.3 is 0 Å². The molecule has 3 nitrogen and oxygen atoms in total. The van der Waals surface area contributed by atoms with Gasteiger partial charge in [-0.2, -0.15) is 0 Å². The van der Waals surface area contributed by atoms with Crippen LogP contribution < -0.4 is 10.6 Å². The second-order valence-electron chi connectivity index (χ2n) is 4.98. The van der Waals surface area contributed by atoms with Crippen molar-refractivity contribution in [2.24, 2.45) is 0 Å². The fourth-order valence-electron chi connectivity index (χ4n) is 1.64. The summed E-state index contributed by atoms with van der Waals surface area (Å²) in [6.07, 6.45) is 1.99. The van der Waals surface area contributed by atoms with Gasteiger partial charge in [0.1, 0.15) is 0 Å². The minimum Gasteiger partial charge on any atom is -0.390 e. The molecule has 0 spiro atoms. The van der Waals surface area contributed by atoms with Crippen molar-refractivity contribution in [1.29, 1.82) is 0 Å².